The fourth-order valence-electron chi connectivity index (χ4n) is 2.21. The fourth-order valence-corrected chi connectivity index (χ4v) is 2.86. The molecule has 0 aliphatic carbocycles. The minimum Gasteiger partial charge on any atom is -0.477 e. The first kappa shape index (κ1) is 19.2. The van der Waals surface area contributed by atoms with Gasteiger partial charge in [0.2, 0.25) is 5.88 Å². The predicted octanol–water partition coefficient (Wildman–Crippen LogP) is 2.93. The van der Waals surface area contributed by atoms with Crippen LogP contribution in [-0.4, -0.2) is 35.6 Å². The topological polar surface area (TPSA) is 71.4 Å². The van der Waals surface area contributed by atoms with Crippen molar-refractivity contribution in [2.75, 3.05) is 19.7 Å². The molecular formula is C18H27N5OS. The quantitative estimate of drug-likeness (QED) is 0.531. The van der Waals surface area contributed by atoms with Crippen LogP contribution in [0.25, 0.3) is 0 Å². The highest BCUT2D eigenvalue weighted by Crippen LogP contribution is 2.15. The van der Waals surface area contributed by atoms with Gasteiger partial charge in [0.1, 0.15) is 0 Å². The highest BCUT2D eigenvalue weighted by molar-refractivity contribution is 7.09. The van der Waals surface area contributed by atoms with Crippen molar-refractivity contribution < 1.29 is 4.74 Å². The highest BCUT2D eigenvalue weighted by Gasteiger charge is 2.05. The summed E-state index contributed by atoms with van der Waals surface area (Å²) < 4.78 is 5.69. The Balaban J connectivity index is 1.92. The van der Waals surface area contributed by atoms with Crippen molar-refractivity contribution in [3.8, 4) is 5.88 Å². The molecule has 0 fully saturated rings. The molecule has 0 bridgehead atoms. The van der Waals surface area contributed by atoms with Crippen LogP contribution in [0.3, 0.4) is 0 Å². The summed E-state index contributed by atoms with van der Waals surface area (Å²) in [6, 6.07) is 3.91. The summed E-state index contributed by atoms with van der Waals surface area (Å²) in [5.74, 6) is 1.46. The molecule has 2 aromatic rings. The van der Waals surface area contributed by atoms with Gasteiger partial charge >= 0.3 is 0 Å². The number of aliphatic imine (C=N–C) groups is 1. The summed E-state index contributed by atoms with van der Waals surface area (Å²) in [5, 5.41) is 9.83. The van der Waals surface area contributed by atoms with Crippen molar-refractivity contribution in [1.29, 1.82) is 0 Å². The van der Waals surface area contributed by atoms with Crippen molar-refractivity contribution in [2.24, 2.45) is 4.99 Å². The fraction of sp³-hybridized carbons (Fsp3) is 0.500. The number of aryl methyl sites for hydroxylation is 1. The van der Waals surface area contributed by atoms with Gasteiger partial charge in [-0.25, -0.2) is 15.0 Å². The van der Waals surface area contributed by atoms with Gasteiger partial charge in [-0.15, -0.1) is 11.3 Å². The summed E-state index contributed by atoms with van der Waals surface area (Å²) in [5.41, 5.74) is 2.11. The minimum absolute atomic E-state index is 0.526. The lowest BCUT2D eigenvalue weighted by Crippen LogP contribution is -2.38. The summed E-state index contributed by atoms with van der Waals surface area (Å²) in [6.07, 6.45) is 3.59. The molecule has 2 N–H and O–H groups in total. The Bertz CT molecular complexity index is 671. The van der Waals surface area contributed by atoms with Crippen LogP contribution >= 0.6 is 11.3 Å². The van der Waals surface area contributed by atoms with E-state index in [0.717, 1.165) is 48.2 Å². The molecule has 0 unspecified atom stereocenters. The average molecular weight is 362 g/mol. The molecule has 0 amide bonds. The summed E-state index contributed by atoms with van der Waals surface area (Å²) in [4.78, 5) is 13.4. The van der Waals surface area contributed by atoms with Crippen molar-refractivity contribution in [2.45, 2.75) is 40.2 Å². The monoisotopic (exact) mass is 361 g/mol. The van der Waals surface area contributed by atoms with E-state index in [2.05, 4.69) is 44.8 Å². The second kappa shape index (κ2) is 10.7. The Hall–Kier alpha value is -2.15. The molecule has 2 aromatic heterocycles. The van der Waals surface area contributed by atoms with Crippen LogP contribution in [0.1, 0.15) is 36.5 Å². The number of aromatic nitrogens is 2. The zero-order valence-corrected chi connectivity index (χ0v) is 16.0. The lowest BCUT2D eigenvalue weighted by molar-refractivity contribution is 0.302. The molecule has 2 rings (SSSR count). The molecule has 0 aliphatic heterocycles. The Morgan fingerprint density at radius 3 is 2.92 bits per heavy atom. The third-order valence-corrected chi connectivity index (χ3v) is 4.21. The first-order valence-corrected chi connectivity index (χ1v) is 9.60. The lowest BCUT2D eigenvalue weighted by Gasteiger charge is -2.12. The second-order valence-electron chi connectivity index (χ2n) is 5.55. The van der Waals surface area contributed by atoms with E-state index in [9.17, 15) is 0 Å². The second-order valence-corrected chi connectivity index (χ2v) is 6.61. The molecule has 25 heavy (non-hydrogen) atoms. The molecule has 0 saturated carbocycles. The Kier molecular flexibility index (Phi) is 8.18. The number of thiazole rings is 1. The van der Waals surface area contributed by atoms with Crippen LogP contribution < -0.4 is 15.4 Å². The molecule has 7 heteroatoms. The average Bonchev–Trinajstić information content (AvgIpc) is 3.03. The van der Waals surface area contributed by atoms with Crippen molar-refractivity contribution in [3.63, 3.8) is 0 Å². The number of nitrogens with zero attached hydrogens (tertiary/aromatic N) is 3. The number of ether oxygens (including phenoxy) is 1. The minimum atomic E-state index is 0.526. The molecule has 0 aliphatic rings. The van der Waals surface area contributed by atoms with Gasteiger partial charge in [-0.05, 0) is 26.3 Å². The number of pyridine rings is 1. The van der Waals surface area contributed by atoms with E-state index in [1.165, 1.54) is 0 Å². The van der Waals surface area contributed by atoms with E-state index in [1.54, 1.807) is 17.5 Å². The molecule has 2 heterocycles. The zero-order chi connectivity index (χ0) is 17.9. The number of nitrogens with one attached hydrogen (secondary N) is 2. The molecule has 0 radical (unpaired) electrons. The van der Waals surface area contributed by atoms with E-state index >= 15 is 0 Å². The number of hydrogen-bond donors (Lipinski definition) is 2. The van der Waals surface area contributed by atoms with Gasteiger partial charge in [0.05, 0.1) is 23.9 Å². The van der Waals surface area contributed by atoms with Crippen LogP contribution in [0, 0.1) is 6.92 Å². The van der Waals surface area contributed by atoms with Gasteiger partial charge in [0.25, 0.3) is 0 Å². The van der Waals surface area contributed by atoms with Gasteiger partial charge in [-0.2, -0.15) is 0 Å². The molecule has 0 aromatic carbocycles. The van der Waals surface area contributed by atoms with Crippen LogP contribution in [0.15, 0.2) is 28.7 Å². The number of hydrogen-bond acceptors (Lipinski definition) is 5. The van der Waals surface area contributed by atoms with Gasteiger partial charge < -0.3 is 15.4 Å². The van der Waals surface area contributed by atoms with Crippen molar-refractivity contribution in [3.05, 3.63) is 40.0 Å². The van der Waals surface area contributed by atoms with Crippen LogP contribution in [0.5, 0.6) is 5.88 Å². The van der Waals surface area contributed by atoms with E-state index < -0.39 is 0 Å². The molecule has 6 nitrogen and oxygen atoms in total. The van der Waals surface area contributed by atoms with E-state index in [1.807, 2.05) is 19.1 Å². The Labute approximate surface area is 153 Å². The summed E-state index contributed by atoms with van der Waals surface area (Å²) >= 11 is 1.68. The maximum absolute atomic E-state index is 5.69. The third kappa shape index (κ3) is 6.70. The van der Waals surface area contributed by atoms with Gasteiger partial charge in [0.15, 0.2) is 5.96 Å². The molecular weight excluding hydrogens is 334 g/mol. The largest absolute Gasteiger partial charge is 0.477 e. The first-order valence-electron chi connectivity index (χ1n) is 8.72. The zero-order valence-electron chi connectivity index (χ0n) is 15.2. The highest BCUT2D eigenvalue weighted by atomic mass is 32.1. The lowest BCUT2D eigenvalue weighted by atomic mass is 10.3. The number of rotatable bonds is 9. The molecule has 136 valence electrons. The maximum atomic E-state index is 5.69. The predicted molar refractivity (Wildman–Crippen MR) is 103 cm³/mol. The van der Waals surface area contributed by atoms with E-state index in [0.29, 0.717) is 19.0 Å². The summed E-state index contributed by atoms with van der Waals surface area (Å²) in [7, 11) is 0. The van der Waals surface area contributed by atoms with Gasteiger partial charge in [-0.3, -0.25) is 0 Å². The summed E-state index contributed by atoms with van der Waals surface area (Å²) in [6.45, 7) is 8.96. The molecule has 0 atom stereocenters. The number of guanidine groups is 1. The van der Waals surface area contributed by atoms with Crippen molar-refractivity contribution >= 4 is 17.3 Å². The van der Waals surface area contributed by atoms with Gasteiger partial charge in [0, 0.05) is 36.7 Å². The van der Waals surface area contributed by atoms with Crippen LogP contribution in [0.2, 0.25) is 0 Å². The molecule has 0 saturated heterocycles. The first-order chi connectivity index (χ1) is 12.2. The maximum Gasteiger partial charge on any atom is 0.218 e. The standard InChI is InChI=1S/C18H27N5OS/c1-4-11-24-17-15(7-6-9-20-17)12-22-18(19-5-2)21-10-8-16-13-25-14(3)23-16/h6-7,9,13H,4-5,8,10-12H2,1-3H3,(H2,19,21,22). The smallest absolute Gasteiger partial charge is 0.218 e. The van der Waals surface area contributed by atoms with Crippen molar-refractivity contribution in [1.82, 2.24) is 20.6 Å². The van der Waals surface area contributed by atoms with E-state index in [4.69, 9.17) is 4.74 Å². The molecule has 0 spiro atoms. The SMILES string of the molecule is CCCOc1ncccc1CN=C(NCC)NCCc1csc(C)n1. The Morgan fingerprint density at radius 2 is 2.20 bits per heavy atom. The Morgan fingerprint density at radius 1 is 1.32 bits per heavy atom. The van der Waals surface area contributed by atoms with Crippen LogP contribution in [0.4, 0.5) is 0 Å². The third-order valence-electron chi connectivity index (χ3n) is 3.38. The normalized spacial score (nSPS) is 11.4. The van der Waals surface area contributed by atoms with Gasteiger partial charge in [-0.1, -0.05) is 13.0 Å². The van der Waals surface area contributed by atoms with E-state index in [-0.39, 0.29) is 0 Å². The van der Waals surface area contributed by atoms with Crippen LogP contribution in [-0.2, 0) is 13.0 Å².